The van der Waals surface area contributed by atoms with Crippen molar-refractivity contribution in [1.82, 2.24) is 5.32 Å². The Labute approximate surface area is 91.8 Å². The van der Waals surface area contributed by atoms with Gasteiger partial charge < -0.3 is 5.32 Å². The van der Waals surface area contributed by atoms with E-state index in [4.69, 9.17) is 0 Å². The SMILES string of the molecule is C=C(C)/C(C)=C\C(=C/C)C(=O)NC1CC1. The Morgan fingerprint density at radius 2 is 2.00 bits per heavy atom. The standard InChI is InChI=1S/C13H19NO/c1-5-11(8-10(4)9(2)3)13(15)14-12-6-7-12/h5,8,12H,2,6-7H2,1,3-4H3,(H,14,15)/b10-8-,11-5+. The van der Waals surface area contributed by atoms with E-state index in [0.717, 1.165) is 29.6 Å². The van der Waals surface area contributed by atoms with Gasteiger partial charge in [-0.05, 0) is 45.3 Å². The van der Waals surface area contributed by atoms with Gasteiger partial charge in [0.1, 0.15) is 0 Å². The number of amides is 1. The lowest BCUT2D eigenvalue weighted by Gasteiger charge is -2.05. The Morgan fingerprint density at radius 1 is 1.40 bits per heavy atom. The van der Waals surface area contributed by atoms with E-state index in [1.807, 2.05) is 32.9 Å². The number of carbonyl (C=O) groups excluding carboxylic acids is 1. The van der Waals surface area contributed by atoms with Crippen molar-refractivity contribution in [3.8, 4) is 0 Å². The minimum absolute atomic E-state index is 0.0283. The summed E-state index contributed by atoms with van der Waals surface area (Å²) in [4.78, 5) is 11.7. The van der Waals surface area contributed by atoms with Crippen LogP contribution in [0.3, 0.4) is 0 Å². The third-order valence-electron chi connectivity index (χ3n) is 2.53. The van der Waals surface area contributed by atoms with Crippen molar-refractivity contribution in [2.45, 2.75) is 39.7 Å². The van der Waals surface area contributed by atoms with Crippen molar-refractivity contribution >= 4 is 5.91 Å². The predicted octanol–water partition coefficient (Wildman–Crippen LogP) is 2.73. The summed E-state index contributed by atoms with van der Waals surface area (Å²) >= 11 is 0. The van der Waals surface area contributed by atoms with Gasteiger partial charge in [0.05, 0.1) is 0 Å². The van der Waals surface area contributed by atoms with Crippen LogP contribution in [0.4, 0.5) is 0 Å². The van der Waals surface area contributed by atoms with Gasteiger partial charge in [0.2, 0.25) is 0 Å². The van der Waals surface area contributed by atoms with Crippen LogP contribution in [0.2, 0.25) is 0 Å². The highest BCUT2D eigenvalue weighted by molar-refractivity contribution is 5.96. The van der Waals surface area contributed by atoms with Crippen molar-refractivity contribution in [1.29, 1.82) is 0 Å². The number of nitrogens with one attached hydrogen (secondary N) is 1. The van der Waals surface area contributed by atoms with E-state index >= 15 is 0 Å². The van der Waals surface area contributed by atoms with Gasteiger partial charge in [-0.1, -0.05) is 18.2 Å². The lowest BCUT2D eigenvalue weighted by molar-refractivity contribution is -0.117. The second kappa shape index (κ2) is 4.96. The molecule has 0 unspecified atom stereocenters. The second-order valence-electron chi connectivity index (χ2n) is 4.10. The van der Waals surface area contributed by atoms with E-state index in [1.165, 1.54) is 0 Å². The van der Waals surface area contributed by atoms with Crippen LogP contribution in [-0.4, -0.2) is 11.9 Å². The van der Waals surface area contributed by atoms with Crippen molar-refractivity contribution in [2.24, 2.45) is 0 Å². The summed E-state index contributed by atoms with van der Waals surface area (Å²) in [5.74, 6) is 0.0283. The number of hydrogen-bond donors (Lipinski definition) is 1. The molecule has 1 aliphatic rings. The normalized spacial score (nSPS) is 17.5. The van der Waals surface area contributed by atoms with Crippen LogP contribution >= 0.6 is 0 Å². The molecular formula is C13H19NO. The number of carbonyl (C=O) groups is 1. The molecule has 1 N–H and O–H groups in total. The van der Waals surface area contributed by atoms with E-state index < -0.39 is 0 Å². The molecule has 15 heavy (non-hydrogen) atoms. The summed E-state index contributed by atoms with van der Waals surface area (Å²) in [6.45, 7) is 9.64. The van der Waals surface area contributed by atoms with Crippen molar-refractivity contribution in [2.75, 3.05) is 0 Å². The Bertz CT molecular complexity index is 332. The molecule has 82 valence electrons. The Hall–Kier alpha value is -1.31. The molecule has 2 heteroatoms. The average Bonchev–Trinajstić information content (AvgIpc) is 2.96. The largest absolute Gasteiger partial charge is 0.349 e. The first-order valence-electron chi connectivity index (χ1n) is 5.36. The summed E-state index contributed by atoms with van der Waals surface area (Å²) in [6, 6.07) is 0.408. The van der Waals surface area contributed by atoms with Crippen molar-refractivity contribution in [3.63, 3.8) is 0 Å². The van der Waals surface area contributed by atoms with Crippen LogP contribution in [0.25, 0.3) is 0 Å². The fraction of sp³-hybridized carbons (Fsp3) is 0.462. The number of hydrogen-bond acceptors (Lipinski definition) is 1. The molecule has 0 aliphatic heterocycles. The molecule has 1 fully saturated rings. The van der Waals surface area contributed by atoms with E-state index in [1.54, 1.807) is 0 Å². The summed E-state index contributed by atoms with van der Waals surface area (Å²) in [5, 5.41) is 2.97. The summed E-state index contributed by atoms with van der Waals surface area (Å²) in [6.07, 6.45) is 5.96. The third kappa shape index (κ3) is 3.74. The summed E-state index contributed by atoms with van der Waals surface area (Å²) < 4.78 is 0. The first kappa shape index (κ1) is 11.8. The van der Waals surface area contributed by atoms with Gasteiger partial charge in [-0.2, -0.15) is 0 Å². The Morgan fingerprint density at radius 3 is 2.40 bits per heavy atom. The van der Waals surface area contributed by atoms with Gasteiger partial charge in [0.25, 0.3) is 5.91 Å². The highest BCUT2D eigenvalue weighted by Gasteiger charge is 2.23. The summed E-state index contributed by atoms with van der Waals surface area (Å²) in [7, 11) is 0. The fourth-order valence-electron chi connectivity index (χ4n) is 1.13. The van der Waals surface area contributed by atoms with Gasteiger partial charge in [-0.15, -0.1) is 0 Å². The van der Waals surface area contributed by atoms with Crippen LogP contribution in [0.15, 0.2) is 35.5 Å². The first-order chi connectivity index (χ1) is 7.04. The smallest absolute Gasteiger partial charge is 0.251 e. The zero-order valence-electron chi connectivity index (χ0n) is 9.76. The van der Waals surface area contributed by atoms with Gasteiger partial charge in [0, 0.05) is 11.6 Å². The number of allylic oxidation sites excluding steroid dienone is 3. The molecule has 0 bridgehead atoms. The van der Waals surface area contributed by atoms with E-state index in [0.29, 0.717) is 6.04 Å². The lowest BCUT2D eigenvalue weighted by Crippen LogP contribution is -2.26. The molecule has 0 saturated heterocycles. The van der Waals surface area contributed by atoms with Crippen LogP contribution in [-0.2, 0) is 4.79 Å². The maximum absolute atomic E-state index is 11.7. The molecule has 0 heterocycles. The number of rotatable bonds is 4. The van der Waals surface area contributed by atoms with E-state index in [2.05, 4.69) is 11.9 Å². The second-order valence-corrected chi connectivity index (χ2v) is 4.10. The third-order valence-corrected chi connectivity index (χ3v) is 2.53. The molecule has 0 spiro atoms. The average molecular weight is 205 g/mol. The molecule has 0 aromatic heterocycles. The molecular weight excluding hydrogens is 186 g/mol. The molecule has 1 amide bonds. The van der Waals surface area contributed by atoms with Crippen LogP contribution in [0, 0.1) is 0 Å². The maximum Gasteiger partial charge on any atom is 0.251 e. The van der Waals surface area contributed by atoms with Crippen molar-refractivity contribution < 1.29 is 4.79 Å². The van der Waals surface area contributed by atoms with Crippen LogP contribution in [0.5, 0.6) is 0 Å². The minimum atomic E-state index is 0.0283. The zero-order chi connectivity index (χ0) is 11.4. The molecule has 1 aliphatic carbocycles. The molecule has 1 rings (SSSR count). The lowest BCUT2D eigenvalue weighted by atomic mass is 10.1. The zero-order valence-corrected chi connectivity index (χ0v) is 9.76. The molecule has 2 nitrogen and oxygen atoms in total. The van der Waals surface area contributed by atoms with Crippen molar-refractivity contribution in [3.05, 3.63) is 35.5 Å². The molecule has 0 aromatic carbocycles. The Kier molecular flexibility index (Phi) is 3.89. The maximum atomic E-state index is 11.7. The molecule has 1 saturated carbocycles. The fourth-order valence-corrected chi connectivity index (χ4v) is 1.13. The quantitative estimate of drug-likeness (QED) is 0.555. The van der Waals surface area contributed by atoms with Gasteiger partial charge in [0.15, 0.2) is 0 Å². The van der Waals surface area contributed by atoms with Gasteiger partial charge in [-0.3, -0.25) is 4.79 Å². The monoisotopic (exact) mass is 205 g/mol. The summed E-state index contributed by atoms with van der Waals surface area (Å²) in [5.41, 5.74) is 2.77. The Balaban J connectivity index is 2.66. The van der Waals surface area contributed by atoms with Gasteiger partial charge >= 0.3 is 0 Å². The molecule has 0 aromatic rings. The predicted molar refractivity (Wildman–Crippen MR) is 63.5 cm³/mol. The van der Waals surface area contributed by atoms with Crippen LogP contribution < -0.4 is 5.32 Å². The minimum Gasteiger partial charge on any atom is -0.349 e. The molecule has 0 atom stereocenters. The van der Waals surface area contributed by atoms with Gasteiger partial charge in [-0.25, -0.2) is 0 Å². The van der Waals surface area contributed by atoms with Crippen LogP contribution in [0.1, 0.15) is 33.6 Å². The highest BCUT2D eigenvalue weighted by atomic mass is 16.1. The highest BCUT2D eigenvalue weighted by Crippen LogP contribution is 2.19. The van der Waals surface area contributed by atoms with E-state index in [-0.39, 0.29) is 5.91 Å². The van der Waals surface area contributed by atoms with E-state index in [9.17, 15) is 4.79 Å². The topological polar surface area (TPSA) is 29.1 Å². The first-order valence-corrected chi connectivity index (χ1v) is 5.36. The molecule has 0 radical (unpaired) electrons.